The van der Waals surface area contributed by atoms with Gasteiger partial charge in [0, 0.05) is 24.8 Å². The highest BCUT2D eigenvalue weighted by molar-refractivity contribution is 5.39. The van der Waals surface area contributed by atoms with E-state index in [9.17, 15) is 0 Å². The molecule has 0 spiro atoms. The average molecular weight is 218 g/mol. The van der Waals surface area contributed by atoms with Gasteiger partial charge in [0.1, 0.15) is 0 Å². The van der Waals surface area contributed by atoms with E-state index in [-0.39, 0.29) is 0 Å². The van der Waals surface area contributed by atoms with Crippen molar-refractivity contribution in [2.45, 2.75) is 32.7 Å². The van der Waals surface area contributed by atoms with Gasteiger partial charge in [0.05, 0.1) is 0 Å². The van der Waals surface area contributed by atoms with Gasteiger partial charge in [-0.1, -0.05) is 19.1 Å². The predicted molar refractivity (Wildman–Crippen MR) is 69.4 cm³/mol. The molecule has 2 heteroatoms. The summed E-state index contributed by atoms with van der Waals surface area (Å²) >= 11 is 0. The molecule has 1 fully saturated rings. The molecule has 2 N–H and O–H groups in total. The minimum absolute atomic E-state index is 0.754. The summed E-state index contributed by atoms with van der Waals surface area (Å²) in [5.41, 5.74) is 7.92. The maximum atomic E-state index is 5.67. The summed E-state index contributed by atoms with van der Waals surface area (Å²) in [6.45, 7) is 7.12. The highest BCUT2D eigenvalue weighted by atomic mass is 15.2. The van der Waals surface area contributed by atoms with Crippen molar-refractivity contribution < 1.29 is 0 Å². The molecule has 1 saturated heterocycles. The second-order valence-electron chi connectivity index (χ2n) is 5.18. The second-order valence-corrected chi connectivity index (χ2v) is 5.18. The summed E-state index contributed by atoms with van der Waals surface area (Å²) in [7, 11) is 0. The summed E-state index contributed by atoms with van der Waals surface area (Å²) in [4.78, 5) is 2.60. The van der Waals surface area contributed by atoms with Crippen molar-refractivity contribution in [3.8, 4) is 0 Å². The lowest BCUT2D eigenvalue weighted by molar-refractivity contribution is 0.268. The van der Waals surface area contributed by atoms with Crippen molar-refractivity contribution in [1.82, 2.24) is 4.90 Å². The molecule has 2 unspecified atom stereocenters. The van der Waals surface area contributed by atoms with E-state index in [1.807, 2.05) is 12.1 Å². The molecule has 2 nitrogen and oxygen atoms in total. The van der Waals surface area contributed by atoms with E-state index in [1.165, 1.54) is 25.1 Å². The van der Waals surface area contributed by atoms with Crippen molar-refractivity contribution in [1.29, 1.82) is 0 Å². The highest BCUT2D eigenvalue weighted by Crippen LogP contribution is 2.22. The topological polar surface area (TPSA) is 29.3 Å². The molecule has 1 heterocycles. The lowest BCUT2D eigenvalue weighted by Crippen LogP contribution is -2.29. The molecule has 88 valence electrons. The van der Waals surface area contributed by atoms with Crippen LogP contribution in [0.3, 0.4) is 0 Å². The average Bonchev–Trinajstić information content (AvgIpc) is 2.57. The molecular formula is C14H22N2. The fourth-order valence-corrected chi connectivity index (χ4v) is 2.65. The minimum Gasteiger partial charge on any atom is -0.399 e. The summed E-state index contributed by atoms with van der Waals surface area (Å²) in [5, 5.41) is 0. The Morgan fingerprint density at radius 1 is 1.25 bits per heavy atom. The second kappa shape index (κ2) is 4.88. The third-order valence-corrected chi connectivity index (χ3v) is 3.58. The van der Waals surface area contributed by atoms with Gasteiger partial charge in [-0.05, 0) is 43.4 Å². The van der Waals surface area contributed by atoms with Crippen LogP contribution in [0.2, 0.25) is 0 Å². The van der Waals surface area contributed by atoms with Gasteiger partial charge >= 0.3 is 0 Å². The first-order valence-electron chi connectivity index (χ1n) is 6.23. The Balaban J connectivity index is 1.85. The summed E-state index contributed by atoms with van der Waals surface area (Å²) in [6.07, 6.45) is 2.49. The number of benzene rings is 1. The van der Waals surface area contributed by atoms with E-state index in [2.05, 4.69) is 30.9 Å². The van der Waals surface area contributed by atoms with Gasteiger partial charge in [-0.15, -0.1) is 0 Å². The fourth-order valence-electron chi connectivity index (χ4n) is 2.65. The van der Waals surface area contributed by atoms with Crippen LogP contribution < -0.4 is 5.73 Å². The Morgan fingerprint density at radius 2 is 1.94 bits per heavy atom. The Labute approximate surface area is 98.4 Å². The molecule has 0 aliphatic carbocycles. The third-order valence-electron chi connectivity index (χ3n) is 3.58. The number of hydrogen-bond acceptors (Lipinski definition) is 2. The van der Waals surface area contributed by atoms with Crippen molar-refractivity contribution in [2.75, 3.05) is 18.8 Å². The van der Waals surface area contributed by atoms with Gasteiger partial charge in [-0.2, -0.15) is 0 Å². The number of anilines is 1. The first kappa shape index (κ1) is 11.5. The molecule has 0 bridgehead atoms. The normalized spacial score (nSPS) is 26.1. The van der Waals surface area contributed by atoms with Crippen LogP contribution in [-0.4, -0.2) is 24.0 Å². The first-order valence-corrected chi connectivity index (χ1v) is 6.23. The molecule has 0 amide bonds. The molecule has 0 saturated carbocycles. The zero-order valence-corrected chi connectivity index (χ0v) is 10.3. The smallest absolute Gasteiger partial charge is 0.0314 e. The first-order chi connectivity index (χ1) is 7.65. The lowest BCUT2D eigenvalue weighted by Gasteiger charge is -2.20. The Kier molecular flexibility index (Phi) is 3.49. The molecule has 1 aromatic rings. The highest BCUT2D eigenvalue weighted by Gasteiger charge is 2.25. The lowest BCUT2D eigenvalue weighted by atomic mass is 10.1. The van der Waals surface area contributed by atoms with Gasteiger partial charge in [0.2, 0.25) is 0 Å². The molecule has 2 atom stereocenters. The van der Waals surface area contributed by atoms with Crippen molar-refractivity contribution in [2.24, 2.45) is 5.92 Å². The monoisotopic (exact) mass is 218 g/mol. The van der Waals surface area contributed by atoms with Crippen LogP contribution in [0.15, 0.2) is 24.3 Å². The SMILES string of the molecule is CC1CC(C)N(CCc2ccc(N)cc2)C1. The zero-order chi connectivity index (χ0) is 11.5. The third kappa shape index (κ3) is 2.76. The van der Waals surface area contributed by atoms with Crippen LogP contribution in [0, 0.1) is 5.92 Å². The quantitative estimate of drug-likeness (QED) is 0.790. The van der Waals surface area contributed by atoms with E-state index in [0.29, 0.717) is 0 Å². The Bertz CT molecular complexity index is 331. The largest absolute Gasteiger partial charge is 0.399 e. The van der Waals surface area contributed by atoms with Gasteiger partial charge in [-0.3, -0.25) is 0 Å². The summed E-state index contributed by atoms with van der Waals surface area (Å²) in [5.74, 6) is 0.862. The van der Waals surface area contributed by atoms with E-state index >= 15 is 0 Å². The van der Waals surface area contributed by atoms with Crippen molar-refractivity contribution in [3.63, 3.8) is 0 Å². The number of likely N-dealkylation sites (tertiary alicyclic amines) is 1. The Hall–Kier alpha value is -1.02. The predicted octanol–water partition coefficient (Wildman–Crippen LogP) is 2.54. The van der Waals surface area contributed by atoms with Crippen LogP contribution in [0.25, 0.3) is 0 Å². The number of hydrogen-bond donors (Lipinski definition) is 1. The van der Waals surface area contributed by atoms with Crippen LogP contribution in [0.5, 0.6) is 0 Å². The summed E-state index contributed by atoms with van der Waals surface area (Å²) in [6, 6.07) is 9.01. The van der Waals surface area contributed by atoms with Gasteiger partial charge in [-0.25, -0.2) is 0 Å². The van der Waals surface area contributed by atoms with E-state index in [0.717, 1.165) is 24.1 Å². The maximum Gasteiger partial charge on any atom is 0.0314 e. The summed E-state index contributed by atoms with van der Waals surface area (Å²) < 4.78 is 0. The Morgan fingerprint density at radius 3 is 2.50 bits per heavy atom. The van der Waals surface area contributed by atoms with E-state index in [1.54, 1.807) is 0 Å². The number of nitrogens with zero attached hydrogens (tertiary/aromatic N) is 1. The molecule has 0 aromatic heterocycles. The fraction of sp³-hybridized carbons (Fsp3) is 0.571. The van der Waals surface area contributed by atoms with Crippen molar-refractivity contribution >= 4 is 5.69 Å². The van der Waals surface area contributed by atoms with E-state index in [4.69, 9.17) is 5.73 Å². The molecule has 1 aromatic carbocycles. The zero-order valence-electron chi connectivity index (χ0n) is 10.3. The van der Waals surface area contributed by atoms with Crippen LogP contribution in [-0.2, 0) is 6.42 Å². The molecule has 2 rings (SSSR count). The van der Waals surface area contributed by atoms with Gasteiger partial charge in [0.25, 0.3) is 0 Å². The van der Waals surface area contributed by atoms with Crippen LogP contribution >= 0.6 is 0 Å². The molecular weight excluding hydrogens is 196 g/mol. The maximum absolute atomic E-state index is 5.67. The van der Waals surface area contributed by atoms with E-state index < -0.39 is 0 Å². The minimum atomic E-state index is 0.754. The number of nitrogens with two attached hydrogens (primary N) is 1. The van der Waals surface area contributed by atoms with Crippen molar-refractivity contribution in [3.05, 3.63) is 29.8 Å². The molecule has 16 heavy (non-hydrogen) atoms. The molecule has 1 aliphatic heterocycles. The molecule has 1 aliphatic rings. The number of nitrogen functional groups attached to an aromatic ring is 1. The van der Waals surface area contributed by atoms with Gasteiger partial charge in [0.15, 0.2) is 0 Å². The van der Waals surface area contributed by atoms with Crippen LogP contribution in [0.1, 0.15) is 25.8 Å². The molecule has 0 radical (unpaired) electrons. The number of rotatable bonds is 3. The van der Waals surface area contributed by atoms with Crippen LogP contribution in [0.4, 0.5) is 5.69 Å². The van der Waals surface area contributed by atoms with Gasteiger partial charge < -0.3 is 10.6 Å². The standard InChI is InChI=1S/C14H22N2/c1-11-9-12(2)16(10-11)8-7-13-3-5-14(15)6-4-13/h3-6,11-12H,7-10,15H2,1-2H3.